The largest absolute Gasteiger partial charge is 0.480 e. The summed E-state index contributed by atoms with van der Waals surface area (Å²) < 4.78 is 0. The van der Waals surface area contributed by atoms with E-state index in [1.165, 1.54) is 0 Å². The van der Waals surface area contributed by atoms with Crippen LogP contribution in [0.1, 0.15) is 11.4 Å². The average molecular weight is 288 g/mol. The van der Waals surface area contributed by atoms with Gasteiger partial charge in [-0.3, -0.25) is 0 Å². The molecule has 2 amide bonds. The lowest BCUT2D eigenvalue weighted by atomic mass is 10.1. The molecule has 0 saturated heterocycles. The third-order valence-electron chi connectivity index (χ3n) is 2.86. The highest BCUT2D eigenvalue weighted by molar-refractivity contribution is 5.82. The highest BCUT2D eigenvalue weighted by atomic mass is 16.4. The van der Waals surface area contributed by atoms with Crippen molar-refractivity contribution in [3.63, 3.8) is 0 Å². The maximum Gasteiger partial charge on any atom is 0.326 e. The van der Waals surface area contributed by atoms with E-state index in [-0.39, 0.29) is 13.0 Å². The van der Waals surface area contributed by atoms with E-state index in [9.17, 15) is 14.7 Å². The average Bonchev–Trinajstić information content (AvgIpc) is 2.99. The molecule has 0 fully saturated rings. The van der Waals surface area contributed by atoms with Crippen molar-refractivity contribution < 1.29 is 14.7 Å². The highest BCUT2D eigenvalue weighted by Gasteiger charge is 2.20. The van der Waals surface area contributed by atoms with E-state index in [0.717, 1.165) is 5.56 Å². The lowest BCUT2D eigenvalue weighted by Crippen LogP contribution is -2.47. The molecule has 1 unspecified atom stereocenters. The molecule has 0 aliphatic carbocycles. The van der Waals surface area contributed by atoms with E-state index in [1.807, 2.05) is 30.3 Å². The smallest absolute Gasteiger partial charge is 0.326 e. The number of H-pyrrole nitrogens is 1. The van der Waals surface area contributed by atoms with Crippen LogP contribution in [-0.2, 0) is 17.8 Å². The molecule has 1 aromatic carbocycles. The molecule has 0 aliphatic rings. The monoisotopic (exact) mass is 288 g/mol. The number of nitrogens with zero attached hydrogens (tertiary/aromatic N) is 1. The van der Waals surface area contributed by atoms with E-state index in [2.05, 4.69) is 20.6 Å². The lowest BCUT2D eigenvalue weighted by molar-refractivity contribution is -0.139. The topological polar surface area (TPSA) is 107 Å². The molecular weight excluding hydrogens is 272 g/mol. The zero-order valence-corrected chi connectivity index (χ0v) is 11.2. The number of aromatic nitrogens is 2. The van der Waals surface area contributed by atoms with Crippen molar-refractivity contribution in [2.24, 2.45) is 0 Å². The Hall–Kier alpha value is -2.83. The van der Waals surface area contributed by atoms with Crippen LogP contribution in [0.25, 0.3) is 0 Å². The number of hydrogen-bond acceptors (Lipinski definition) is 3. The summed E-state index contributed by atoms with van der Waals surface area (Å²) in [6.07, 6.45) is 3.44. The Morgan fingerprint density at radius 1 is 1.29 bits per heavy atom. The number of aliphatic carboxylic acids is 1. The minimum Gasteiger partial charge on any atom is -0.480 e. The maximum absolute atomic E-state index is 11.7. The first-order valence-electron chi connectivity index (χ1n) is 6.44. The lowest BCUT2D eigenvalue weighted by Gasteiger charge is -2.15. The molecule has 1 heterocycles. The molecule has 0 radical (unpaired) electrons. The van der Waals surface area contributed by atoms with Gasteiger partial charge in [0.25, 0.3) is 0 Å². The Balaban J connectivity index is 1.87. The molecule has 0 saturated carbocycles. The van der Waals surface area contributed by atoms with Crippen LogP contribution in [0.15, 0.2) is 42.7 Å². The van der Waals surface area contributed by atoms with Gasteiger partial charge in [0.15, 0.2) is 0 Å². The number of carbonyl (C=O) groups is 2. The van der Waals surface area contributed by atoms with Crippen molar-refractivity contribution in [1.82, 2.24) is 20.6 Å². The summed E-state index contributed by atoms with van der Waals surface area (Å²) in [4.78, 5) is 29.7. The standard InChI is InChI=1S/C14H16N4O3/c19-13(20)11(8-10-4-2-1-3-5-10)18-14(21)17-9-12-15-6-7-16-12/h1-7,11H,8-9H2,(H,15,16)(H,19,20)(H2,17,18,21). The second-order valence-corrected chi connectivity index (χ2v) is 4.44. The predicted octanol–water partition coefficient (Wildman–Crippen LogP) is 0.905. The minimum absolute atomic E-state index is 0.205. The number of carbonyl (C=O) groups excluding carboxylic acids is 1. The Bertz CT molecular complexity index is 584. The van der Waals surface area contributed by atoms with Crippen molar-refractivity contribution >= 4 is 12.0 Å². The summed E-state index contributed by atoms with van der Waals surface area (Å²) in [6, 6.07) is 7.61. The summed E-state index contributed by atoms with van der Waals surface area (Å²) in [7, 11) is 0. The van der Waals surface area contributed by atoms with Crippen LogP contribution in [0.4, 0.5) is 4.79 Å². The Morgan fingerprint density at radius 3 is 2.67 bits per heavy atom. The number of hydrogen-bond donors (Lipinski definition) is 4. The van der Waals surface area contributed by atoms with Gasteiger partial charge in [-0.15, -0.1) is 0 Å². The summed E-state index contributed by atoms with van der Waals surface area (Å²) in [5.41, 5.74) is 0.844. The van der Waals surface area contributed by atoms with Crippen LogP contribution in [0, 0.1) is 0 Å². The predicted molar refractivity (Wildman–Crippen MR) is 75.5 cm³/mol. The van der Waals surface area contributed by atoms with Gasteiger partial charge in [0.05, 0.1) is 6.54 Å². The number of rotatable bonds is 6. The highest BCUT2D eigenvalue weighted by Crippen LogP contribution is 2.03. The SMILES string of the molecule is O=C(NCc1ncc[nH]1)NC(Cc1ccccc1)C(=O)O. The quantitative estimate of drug-likeness (QED) is 0.633. The molecule has 110 valence electrons. The van der Waals surface area contributed by atoms with Gasteiger partial charge < -0.3 is 20.7 Å². The molecule has 7 heteroatoms. The number of urea groups is 1. The fraction of sp³-hybridized carbons (Fsp3) is 0.214. The number of benzene rings is 1. The molecule has 2 rings (SSSR count). The number of carboxylic acids is 1. The second-order valence-electron chi connectivity index (χ2n) is 4.44. The van der Waals surface area contributed by atoms with E-state index < -0.39 is 18.0 Å². The van der Waals surface area contributed by atoms with Gasteiger partial charge in [0.1, 0.15) is 11.9 Å². The molecule has 4 N–H and O–H groups in total. The van der Waals surface area contributed by atoms with Gasteiger partial charge in [0.2, 0.25) is 0 Å². The van der Waals surface area contributed by atoms with Crippen LogP contribution in [0.3, 0.4) is 0 Å². The van der Waals surface area contributed by atoms with Crippen LogP contribution in [-0.4, -0.2) is 33.1 Å². The van der Waals surface area contributed by atoms with Crippen molar-refractivity contribution in [2.45, 2.75) is 19.0 Å². The fourth-order valence-corrected chi connectivity index (χ4v) is 1.82. The van der Waals surface area contributed by atoms with Crippen LogP contribution in [0.2, 0.25) is 0 Å². The summed E-state index contributed by atoms with van der Waals surface area (Å²) >= 11 is 0. The van der Waals surface area contributed by atoms with Crippen molar-refractivity contribution in [1.29, 1.82) is 0 Å². The fourth-order valence-electron chi connectivity index (χ4n) is 1.82. The molecule has 0 aliphatic heterocycles. The minimum atomic E-state index is -1.08. The zero-order valence-electron chi connectivity index (χ0n) is 11.2. The van der Waals surface area contributed by atoms with E-state index >= 15 is 0 Å². The number of carboxylic acid groups (broad SMARTS) is 1. The molecule has 2 aromatic rings. The number of aromatic amines is 1. The molecule has 0 bridgehead atoms. The van der Waals surface area contributed by atoms with Crippen molar-refractivity contribution in [3.8, 4) is 0 Å². The molecule has 7 nitrogen and oxygen atoms in total. The van der Waals surface area contributed by atoms with Crippen LogP contribution >= 0.6 is 0 Å². The van der Waals surface area contributed by atoms with Crippen molar-refractivity contribution in [3.05, 3.63) is 54.1 Å². The Kier molecular flexibility index (Phi) is 4.92. The van der Waals surface area contributed by atoms with Gasteiger partial charge in [-0.05, 0) is 5.56 Å². The second kappa shape index (κ2) is 7.09. The third-order valence-corrected chi connectivity index (χ3v) is 2.86. The van der Waals surface area contributed by atoms with Gasteiger partial charge in [-0.2, -0.15) is 0 Å². The molecule has 0 spiro atoms. The molecule has 21 heavy (non-hydrogen) atoms. The van der Waals surface area contributed by atoms with Gasteiger partial charge in [0, 0.05) is 18.8 Å². The van der Waals surface area contributed by atoms with Crippen LogP contribution in [0.5, 0.6) is 0 Å². The Morgan fingerprint density at radius 2 is 2.05 bits per heavy atom. The summed E-state index contributed by atoms with van der Waals surface area (Å²) in [5.74, 6) is -0.480. The first-order chi connectivity index (χ1) is 10.1. The molecule has 1 aromatic heterocycles. The molecule has 1 atom stereocenters. The van der Waals surface area contributed by atoms with Gasteiger partial charge in [-0.25, -0.2) is 14.6 Å². The first kappa shape index (κ1) is 14.6. The number of amides is 2. The molecular formula is C14H16N4O3. The number of imidazole rings is 1. The van der Waals surface area contributed by atoms with Gasteiger partial charge >= 0.3 is 12.0 Å². The maximum atomic E-state index is 11.7. The van der Waals surface area contributed by atoms with E-state index in [1.54, 1.807) is 12.4 Å². The van der Waals surface area contributed by atoms with Gasteiger partial charge in [-0.1, -0.05) is 30.3 Å². The Labute approximate surface area is 121 Å². The summed E-state index contributed by atoms with van der Waals surface area (Å²) in [5, 5.41) is 14.2. The zero-order chi connectivity index (χ0) is 15.1. The third kappa shape index (κ3) is 4.64. The van der Waals surface area contributed by atoms with E-state index in [4.69, 9.17) is 0 Å². The summed E-state index contributed by atoms with van der Waals surface area (Å²) in [6.45, 7) is 0.205. The first-order valence-corrected chi connectivity index (χ1v) is 6.44. The van der Waals surface area contributed by atoms with E-state index in [0.29, 0.717) is 5.82 Å². The normalized spacial score (nSPS) is 11.6. The van der Waals surface area contributed by atoms with Crippen LogP contribution < -0.4 is 10.6 Å². The number of nitrogens with one attached hydrogen (secondary N) is 3. The van der Waals surface area contributed by atoms with Crippen molar-refractivity contribution in [2.75, 3.05) is 0 Å².